The number of aryl methyl sites for hydroxylation is 1. The molecule has 0 atom stereocenters. The minimum absolute atomic E-state index is 0.192. The lowest BCUT2D eigenvalue weighted by Gasteiger charge is -2.13. The van der Waals surface area contributed by atoms with Gasteiger partial charge in [0.15, 0.2) is 5.69 Å². The normalized spacial score (nSPS) is 11.4. The Kier molecular flexibility index (Phi) is 5.25. The van der Waals surface area contributed by atoms with Crippen LogP contribution in [0.25, 0.3) is 5.69 Å². The van der Waals surface area contributed by atoms with E-state index in [0.29, 0.717) is 6.42 Å². The van der Waals surface area contributed by atoms with Crippen LogP contribution in [-0.4, -0.2) is 27.2 Å². The van der Waals surface area contributed by atoms with Crippen LogP contribution in [0.2, 0.25) is 0 Å². The van der Waals surface area contributed by atoms with E-state index in [9.17, 15) is 18.0 Å². The van der Waals surface area contributed by atoms with E-state index in [2.05, 4.69) is 15.4 Å². The highest BCUT2D eigenvalue weighted by molar-refractivity contribution is 5.95. The summed E-state index contributed by atoms with van der Waals surface area (Å²) in [5.74, 6) is -0.815. The Balaban J connectivity index is 1.82. The monoisotopic (exact) mass is 374 g/mol. The third kappa shape index (κ3) is 4.33. The summed E-state index contributed by atoms with van der Waals surface area (Å²) in [6, 6.07) is 10.0. The van der Waals surface area contributed by atoms with Crippen molar-refractivity contribution in [3.05, 3.63) is 77.4 Å². The quantitative estimate of drug-likeness (QED) is 0.743. The van der Waals surface area contributed by atoms with Gasteiger partial charge in [0.05, 0.1) is 17.4 Å². The predicted molar refractivity (Wildman–Crippen MR) is 93.6 cm³/mol. The summed E-state index contributed by atoms with van der Waals surface area (Å²) in [4.78, 5) is 16.3. The van der Waals surface area contributed by atoms with Crippen LogP contribution in [0.4, 0.5) is 13.2 Å². The molecule has 2 aromatic heterocycles. The fraction of sp³-hybridized carbons (Fsp3) is 0.211. The van der Waals surface area contributed by atoms with Gasteiger partial charge in [-0.3, -0.25) is 9.78 Å². The van der Waals surface area contributed by atoms with Crippen LogP contribution < -0.4 is 5.32 Å². The lowest BCUT2D eigenvalue weighted by atomic mass is 10.2. The van der Waals surface area contributed by atoms with Crippen molar-refractivity contribution in [3.63, 3.8) is 0 Å². The molecule has 0 fully saturated rings. The van der Waals surface area contributed by atoms with E-state index in [-0.39, 0.29) is 12.2 Å². The predicted octanol–water partition coefficient (Wildman–Crippen LogP) is 3.57. The number of pyridine rings is 1. The molecular weight excluding hydrogens is 357 g/mol. The maximum atomic E-state index is 13.6. The van der Waals surface area contributed by atoms with Crippen molar-refractivity contribution >= 4 is 5.91 Å². The largest absolute Gasteiger partial charge is 0.434 e. The van der Waals surface area contributed by atoms with Crippen LogP contribution >= 0.6 is 0 Å². The second kappa shape index (κ2) is 7.61. The maximum absolute atomic E-state index is 13.6. The van der Waals surface area contributed by atoms with E-state index < -0.39 is 23.3 Å². The minimum Gasteiger partial charge on any atom is -0.352 e. The van der Waals surface area contributed by atoms with Crippen LogP contribution in [0.15, 0.2) is 55.0 Å². The second-order valence-corrected chi connectivity index (χ2v) is 6.02. The Morgan fingerprint density at radius 1 is 1.15 bits per heavy atom. The fourth-order valence-corrected chi connectivity index (χ4v) is 2.63. The first-order chi connectivity index (χ1) is 12.9. The number of aromatic nitrogens is 3. The lowest BCUT2D eigenvalue weighted by Crippen LogP contribution is -2.28. The van der Waals surface area contributed by atoms with E-state index in [1.54, 1.807) is 30.6 Å². The van der Waals surface area contributed by atoms with Gasteiger partial charge in [0, 0.05) is 18.9 Å². The van der Waals surface area contributed by atoms with E-state index in [1.807, 2.05) is 13.0 Å². The fourth-order valence-electron chi connectivity index (χ4n) is 2.63. The first kappa shape index (κ1) is 18.6. The highest BCUT2D eigenvalue weighted by Gasteiger charge is 2.40. The number of carbonyl (C=O) groups excluding carboxylic acids is 1. The van der Waals surface area contributed by atoms with Crippen LogP contribution in [0, 0.1) is 6.92 Å². The maximum Gasteiger partial charge on any atom is 0.434 e. The van der Waals surface area contributed by atoms with Gasteiger partial charge in [-0.1, -0.05) is 23.8 Å². The number of nitrogens with one attached hydrogen (secondary N) is 1. The third-order valence-corrected chi connectivity index (χ3v) is 3.98. The molecule has 1 aromatic carbocycles. The zero-order valence-corrected chi connectivity index (χ0v) is 14.5. The molecular formula is C19H17F3N4O. The number of amides is 1. The summed E-state index contributed by atoms with van der Waals surface area (Å²) in [6.07, 6.45) is -0.0492. The summed E-state index contributed by atoms with van der Waals surface area (Å²) in [5, 5.41) is 6.31. The Labute approximate surface area is 153 Å². The van der Waals surface area contributed by atoms with Crippen LogP contribution in [-0.2, 0) is 12.6 Å². The molecule has 0 saturated heterocycles. The molecule has 5 nitrogen and oxygen atoms in total. The average Bonchev–Trinajstić information content (AvgIpc) is 3.09. The Bertz CT molecular complexity index is 918. The average molecular weight is 374 g/mol. The highest BCUT2D eigenvalue weighted by atomic mass is 19.4. The van der Waals surface area contributed by atoms with Crippen molar-refractivity contribution in [2.24, 2.45) is 0 Å². The number of carbonyl (C=O) groups is 1. The van der Waals surface area contributed by atoms with Crippen molar-refractivity contribution < 1.29 is 18.0 Å². The molecule has 2 heterocycles. The van der Waals surface area contributed by atoms with Gasteiger partial charge in [0.25, 0.3) is 5.91 Å². The van der Waals surface area contributed by atoms with Crippen molar-refractivity contribution in [1.29, 1.82) is 0 Å². The summed E-state index contributed by atoms with van der Waals surface area (Å²) in [6.45, 7) is 2.02. The van der Waals surface area contributed by atoms with Gasteiger partial charge in [-0.2, -0.15) is 18.3 Å². The van der Waals surface area contributed by atoms with Crippen molar-refractivity contribution in [1.82, 2.24) is 20.1 Å². The first-order valence-corrected chi connectivity index (χ1v) is 8.25. The van der Waals surface area contributed by atoms with Gasteiger partial charge in [-0.25, -0.2) is 4.68 Å². The molecule has 0 aliphatic carbocycles. The SMILES string of the molecule is Cc1ccc(-n2ncc(C(=O)NCCc3cccnc3)c2C(F)(F)F)cc1. The molecule has 1 amide bonds. The van der Waals surface area contributed by atoms with E-state index in [0.717, 1.165) is 22.0 Å². The zero-order valence-electron chi connectivity index (χ0n) is 14.5. The number of hydrogen-bond acceptors (Lipinski definition) is 3. The molecule has 27 heavy (non-hydrogen) atoms. The third-order valence-electron chi connectivity index (χ3n) is 3.98. The molecule has 0 radical (unpaired) electrons. The number of benzene rings is 1. The van der Waals surface area contributed by atoms with Gasteiger partial charge < -0.3 is 5.32 Å². The van der Waals surface area contributed by atoms with Gasteiger partial charge in [0.1, 0.15) is 0 Å². The molecule has 0 aliphatic rings. The van der Waals surface area contributed by atoms with Crippen LogP contribution in [0.1, 0.15) is 27.2 Å². The topological polar surface area (TPSA) is 59.8 Å². The van der Waals surface area contributed by atoms with Crippen molar-refractivity contribution in [2.45, 2.75) is 19.5 Å². The van der Waals surface area contributed by atoms with Gasteiger partial charge in [-0.05, 0) is 37.1 Å². The second-order valence-electron chi connectivity index (χ2n) is 6.02. The standard InChI is InChI=1S/C19H17F3N4O/c1-13-4-6-15(7-5-13)26-17(19(20,21)22)16(12-25-26)18(27)24-10-8-14-3-2-9-23-11-14/h2-7,9,11-12H,8,10H2,1H3,(H,24,27). The van der Waals surface area contributed by atoms with Crippen LogP contribution in [0.3, 0.4) is 0 Å². The number of rotatable bonds is 5. The number of halogens is 3. The number of hydrogen-bond donors (Lipinski definition) is 1. The van der Waals surface area contributed by atoms with Crippen LogP contribution in [0.5, 0.6) is 0 Å². The summed E-state index contributed by atoms with van der Waals surface area (Å²) in [5.41, 5.74) is 0.429. The molecule has 0 unspecified atom stereocenters. The van der Waals surface area contributed by atoms with Gasteiger partial charge >= 0.3 is 6.18 Å². The summed E-state index contributed by atoms with van der Waals surface area (Å²) < 4.78 is 41.6. The van der Waals surface area contributed by atoms with Gasteiger partial charge in [0.2, 0.25) is 0 Å². The highest BCUT2D eigenvalue weighted by Crippen LogP contribution is 2.33. The van der Waals surface area contributed by atoms with E-state index in [1.165, 1.54) is 12.1 Å². The van der Waals surface area contributed by atoms with E-state index in [4.69, 9.17) is 0 Å². The molecule has 1 N–H and O–H groups in total. The molecule has 0 spiro atoms. The van der Waals surface area contributed by atoms with Crippen molar-refractivity contribution in [3.8, 4) is 5.69 Å². The molecule has 0 bridgehead atoms. The summed E-state index contributed by atoms with van der Waals surface area (Å²) in [7, 11) is 0. The lowest BCUT2D eigenvalue weighted by molar-refractivity contribution is -0.143. The Morgan fingerprint density at radius 2 is 1.89 bits per heavy atom. The molecule has 3 rings (SSSR count). The molecule has 3 aromatic rings. The molecule has 0 saturated carbocycles. The first-order valence-electron chi connectivity index (χ1n) is 8.25. The van der Waals surface area contributed by atoms with E-state index >= 15 is 0 Å². The van der Waals surface area contributed by atoms with Gasteiger partial charge in [-0.15, -0.1) is 0 Å². The number of alkyl halides is 3. The molecule has 8 heteroatoms. The smallest absolute Gasteiger partial charge is 0.352 e. The van der Waals surface area contributed by atoms with Crippen molar-refractivity contribution in [2.75, 3.05) is 6.54 Å². The minimum atomic E-state index is -4.72. The Morgan fingerprint density at radius 3 is 2.52 bits per heavy atom. The number of nitrogens with zero attached hydrogens (tertiary/aromatic N) is 3. The Hall–Kier alpha value is -3.16. The zero-order chi connectivity index (χ0) is 19.4. The summed E-state index contributed by atoms with van der Waals surface area (Å²) >= 11 is 0. The molecule has 140 valence electrons. The molecule has 0 aliphatic heterocycles.